The molecule has 1 heterocycles. The Morgan fingerprint density at radius 1 is 0.840 bits per heavy atom. The molecule has 0 saturated heterocycles. The van der Waals surface area contributed by atoms with Gasteiger partial charge in [0.25, 0.3) is 0 Å². The van der Waals surface area contributed by atoms with Gasteiger partial charge in [-0.05, 0) is 11.1 Å². The van der Waals surface area contributed by atoms with Crippen LogP contribution in [0, 0.1) is 0 Å². The Morgan fingerprint density at radius 2 is 1.40 bits per heavy atom. The zero-order valence-corrected chi connectivity index (χ0v) is 15.1. The highest BCUT2D eigenvalue weighted by Crippen LogP contribution is 2.19. The van der Waals surface area contributed by atoms with Crippen LogP contribution in [0.3, 0.4) is 0 Å². The van der Waals surface area contributed by atoms with E-state index >= 15 is 0 Å². The average molecular weight is 353 g/mol. The smallest absolute Gasteiger partial charge is 0.227 e. The number of aromatic nitrogens is 1. The Balaban J connectivity index is 0.00000225. The van der Waals surface area contributed by atoms with Crippen molar-refractivity contribution < 1.29 is 21.8 Å². The van der Waals surface area contributed by atoms with Gasteiger partial charge in [0.05, 0.1) is 0 Å². The molecule has 1 aromatic heterocycles. The minimum absolute atomic E-state index is 0. The number of nitrogens with zero attached hydrogens (tertiary/aromatic N) is 2. The molecule has 128 valence electrons. The van der Waals surface area contributed by atoms with Crippen molar-refractivity contribution in [2.45, 2.75) is 6.54 Å². The van der Waals surface area contributed by atoms with E-state index in [1.165, 1.54) is 0 Å². The minimum Gasteiger partial charge on any atom is -1.00 e. The van der Waals surface area contributed by atoms with Gasteiger partial charge in [0.15, 0.2) is 12.4 Å². The SMILES string of the molecule is CN(C)c1cc[n+](CC(=O)c2ccc(-c3ccccc3)cc2)cc1.[Cl-]. The number of carbonyl (C=O) groups is 1. The Hall–Kier alpha value is -2.65. The van der Waals surface area contributed by atoms with Gasteiger partial charge in [-0.3, -0.25) is 4.79 Å². The predicted octanol–water partition coefficient (Wildman–Crippen LogP) is 0.594. The summed E-state index contributed by atoms with van der Waals surface area (Å²) < 4.78 is 1.90. The van der Waals surface area contributed by atoms with E-state index in [4.69, 9.17) is 0 Å². The van der Waals surface area contributed by atoms with Crippen molar-refractivity contribution in [3.05, 3.63) is 84.7 Å². The van der Waals surface area contributed by atoms with E-state index < -0.39 is 0 Å². The fourth-order valence-corrected chi connectivity index (χ4v) is 2.59. The Labute approximate surface area is 155 Å². The summed E-state index contributed by atoms with van der Waals surface area (Å²) in [5, 5.41) is 0. The van der Waals surface area contributed by atoms with E-state index in [0.29, 0.717) is 6.54 Å². The second-order valence-corrected chi connectivity index (χ2v) is 5.99. The van der Waals surface area contributed by atoms with Gasteiger partial charge in [0.2, 0.25) is 12.3 Å². The van der Waals surface area contributed by atoms with Gasteiger partial charge in [-0.1, -0.05) is 54.6 Å². The number of pyridine rings is 1. The first-order chi connectivity index (χ1) is 11.6. The van der Waals surface area contributed by atoms with Gasteiger partial charge in [-0.15, -0.1) is 0 Å². The van der Waals surface area contributed by atoms with E-state index in [1.54, 1.807) is 0 Å². The molecule has 0 atom stereocenters. The number of anilines is 1. The monoisotopic (exact) mass is 352 g/mol. The van der Waals surface area contributed by atoms with Crippen LogP contribution in [0.5, 0.6) is 0 Å². The third kappa shape index (κ3) is 4.68. The molecule has 2 aromatic carbocycles. The summed E-state index contributed by atoms with van der Waals surface area (Å²) in [6, 6.07) is 22.0. The molecule has 0 spiro atoms. The van der Waals surface area contributed by atoms with Crippen molar-refractivity contribution in [2.75, 3.05) is 19.0 Å². The topological polar surface area (TPSA) is 24.2 Å². The van der Waals surface area contributed by atoms with E-state index in [2.05, 4.69) is 12.1 Å². The third-order valence-corrected chi connectivity index (χ3v) is 4.03. The van der Waals surface area contributed by atoms with Crippen LogP contribution in [0.15, 0.2) is 79.1 Å². The number of hydrogen-bond donors (Lipinski definition) is 0. The second-order valence-electron chi connectivity index (χ2n) is 5.99. The van der Waals surface area contributed by atoms with E-state index in [1.807, 2.05) is 90.6 Å². The number of halogens is 1. The third-order valence-electron chi connectivity index (χ3n) is 4.03. The van der Waals surface area contributed by atoms with Crippen LogP contribution < -0.4 is 21.9 Å². The first-order valence-corrected chi connectivity index (χ1v) is 7.98. The molecule has 4 heteroatoms. The fourth-order valence-electron chi connectivity index (χ4n) is 2.59. The second kappa shape index (κ2) is 8.45. The van der Waals surface area contributed by atoms with Crippen molar-refractivity contribution in [3.8, 4) is 11.1 Å². The zero-order valence-electron chi connectivity index (χ0n) is 14.4. The summed E-state index contributed by atoms with van der Waals surface area (Å²) >= 11 is 0. The molecular weight excluding hydrogens is 332 g/mol. The van der Waals surface area contributed by atoms with Crippen molar-refractivity contribution in [3.63, 3.8) is 0 Å². The van der Waals surface area contributed by atoms with Gasteiger partial charge < -0.3 is 17.3 Å². The highest BCUT2D eigenvalue weighted by Gasteiger charge is 2.12. The standard InChI is InChI=1S/C21H21N2O.ClH/c1-22(2)20-12-14-23(15-13-20)16-21(24)19-10-8-18(9-11-19)17-6-4-3-5-7-17;/h3-15H,16H2,1-2H3;1H/q+1;/p-1. The molecule has 0 fully saturated rings. The lowest BCUT2D eigenvalue weighted by Gasteiger charge is -2.10. The zero-order chi connectivity index (χ0) is 16.9. The van der Waals surface area contributed by atoms with Gasteiger partial charge in [0.1, 0.15) is 0 Å². The quantitative estimate of drug-likeness (QED) is 0.496. The summed E-state index contributed by atoms with van der Waals surface area (Å²) in [5.41, 5.74) is 4.13. The van der Waals surface area contributed by atoms with Crippen LogP contribution >= 0.6 is 0 Å². The maximum atomic E-state index is 12.4. The lowest BCUT2D eigenvalue weighted by molar-refractivity contribution is -0.683. The van der Waals surface area contributed by atoms with Crippen LogP contribution in [-0.2, 0) is 6.54 Å². The van der Waals surface area contributed by atoms with Crippen molar-refractivity contribution in [1.82, 2.24) is 0 Å². The molecule has 0 unspecified atom stereocenters. The molecule has 25 heavy (non-hydrogen) atoms. The highest BCUT2D eigenvalue weighted by molar-refractivity contribution is 5.95. The number of benzene rings is 2. The van der Waals surface area contributed by atoms with Crippen LogP contribution in [0.4, 0.5) is 5.69 Å². The molecule has 0 N–H and O–H groups in total. The van der Waals surface area contributed by atoms with E-state index in [0.717, 1.165) is 22.4 Å². The molecule has 3 rings (SSSR count). The average Bonchev–Trinajstić information content (AvgIpc) is 2.63. The maximum Gasteiger partial charge on any atom is 0.227 e. The summed E-state index contributed by atoms with van der Waals surface area (Å²) in [5.74, 6) is 0.109. The number of carbonyl (C=O) groups excluding carboxylic acids is 1. The summed E-state index contributed by atoms with van der Waals surface area (Å²) in [7, 11) is 4.00. The predicted molar refractivity (Wildman–Crippen MR) is 97.2 cm³/mol. The van der Waals surface area contributed by atoms with E-state index in [9.17, 15) is 4.79 Å². The molecule has 0 aliphatic heterocycles. The molecule has 0 amide bonds. The largest absolute Gasteiger partial charge is 1.00 e. The van der Waals surface area contributed by atoms with Gasteiger partial charge >= 0.3 is 0 Å². The lowest BCUT2D eigenvalue weighted by atomic mass is 10.0. The van der Waals surface area contributed by atoms with E-state index in [-0.39, 0.29) is 18.2 Å². The Kier molecular flexibility index (Phi) is 6.31. The summed E-state index contributed by atoms with van der Waals surface area (Å²) in [4.78, 5) is 14.5. The number of ketones is 1. The van der Waals surface area contributed by atoms with Crippen LogP contribution in [0.25, 0.3) is 11.1 Å². The minimum atomic E-state index is 0. The molecule has 0 aliphatic carbocycles. The van der Waals surface area contributed by atoms with Crippen molar-refractivity contribution >= 4 is 11.5 Å². The molecular formula is C21H21ClN2O. The fraction of sp³-hybridized carbons (Fsp3) is 0.143. The molecule has 3 aromatic rings. The van der Waals surface area contributed by atoms with Crippen molar-refractivity contribution in [1.29, 1.82) is 0 Å². The van der Waals surface area contributed by atoms with Crippen LogP contribution in [0.1, 0.15) is 10.4 Å². The van der Waals surface area contributed by atoms with Gasteiger partial charge in [-0.2, -0.15) is 4.57 Å². The van der Waals surface area contributed by atoms with Gasteiger partial charge in [-0.25, -0.2) is 0 Å². The first kappa shape index (κ1) is 18.7. The Bertz CT molecular complexity index is 813. The number of hydrogen-bond acceptors (Lipinski definition) is 2. The summed E-state index contributed by atoms with van der Waals surface area (Å²) in [6.45, 7) is 0.346. The molecule has 0 saturated carbocycles. The maximum absolute atomic E-state index is 12.4. The molecule has 0 radical (unpaired) electrons. The lowest BCUT2D eigenvalue weighted by Crippen LogP contribution is -3.00. The number of Topliss-reactive ketones (excluding diaryl/α,β-unsaturated/α-hetero) is 1. The first-order valence-electron chi connectivity index (χ1n) is 7.98. The normalized spacial score (nSPS) is 10.0. The molecule has 3 nitrogen and oxygen atoms in total. The van der Waals surface area contributed by atoms with Crippen LogP contribution in [-0.4, -0.2) is 19.9 Å². The van der Waals surface area contributed by atoms with Crippen molar-refractivity contribution in [2.24, 2.45) is 0 Å². The highest BCUT2D eigenvalue weighted by atomic mass is 35.5. The molecule has 0 bridgehead atoms. The van der Waals surface area contributed by atoms with Gasteiger partial charge in [0, 0.05) is 37.5 Å². The Morgan fingerprint density at radius 3 is 1.96 bits per heavy atom. The molecule has 0 aliphatic rings. The summed E-state index contributed by atoms with van der Waals surface area (Å²) in [6.07, 6.45) is 3.87. The number of rotatable bonds is 5. The van der Waals surface area contributed by atoms with Crippen LogP contribution in [0.2, 0.25) is 0 Å².